The summed E-state index contributed by atoms with van der Waals surface area (Å²) in [5.41, 5.74) is 2.55. The van der Waals surface area contributed by atoms with Crippen LogP contribution in [0.25, 0.3) is 11.4 Å². The Morgan fingerprint density at radius 2 is 1.94 bits per heavy atom. The summed E-state index contributed by atoms with van der Waals surface area (Å²) in [6.45, 7) is 3.02. The fourth-order valence-corrected chi connectivity index (χ4v) is 4.00. The van der Waals surface area contributed by atoms with E-state index in [1.807, 2.05) is 37.3 Å². The lowest BCUT2D eigenvalue weighted by atomic mass is 10.2. The van der Waals surface area contributed by atoms with E-state index in [2.05, 4.69) is 26.9 Å². The normalized spacial score (nSPS) is 10.8. The van der Waals surface area contributed by atoms with Crippen molar-refractivity contribution < 1.29 is 18.7 Å². The molecule has 0 aliphatic carbocycles. The Balaban J connectivity index is 1.46. The van der Waals surface area contributed by atoms with E-state index < -0.39 is 0 Å². The van der Waals surface area contributed by atoms with Gasteiger partial charge in [-0.25, -0.2) is 4.79 Å². The molecule has 2 aromatic carbocycles. The summed E-state index contributed by atoms with van der Waals surface area (Å²) >= 11 is 1.57. The van der Waals surface area contributed by atoms with E-state index in [1.165, 1.54) is 7.11 Å². The first-order chi connectivity index (χ1) is 15.7. The molecule has 0 amide bonds. The van der Waals surface area contributed by atoms with E-state index in [1.54, 1.807) is 36.2 Å². The van der Waals surface area contributed by atoms with Crippen molar-refractivity contribution in [2.45, 2.75) is 18.6 Å². The summed E-state index contributed by atoms with van der Waals surface area (Å²) in [7, 11) is 1.36. The van der Waals surface area contributed by atoms with Gasteiger partial charge in [-0.2, -0.15) is 0 Å². The number of aryl methyl sites for hydroxylation is 1. The molecule has 0 atom stereocenters. The topological polar surface area (TPSA) is 79.4 Å². The summed E-state index contributed by atoms with van der Waals surface area (Å²) in [6, 6.07) is 19.1. The van der Waals surface area contributed by atoms with Gasteiger partial charge in [0.2, 0.25) is 0 Å². The Morgan fingerprint density at radius 3 is 2.69 bits per heavy atom. The molecule has 0 radical (unpaired) electrons. The molecule has 0 N–H and O–H groups in total. The summed E-state index contributed by atoms with van der Waals surface area (Å²) in [4.78, 5) is 11.7. The Bertz CT molecular complexity index is 1190. The van der Waals surface area contributed by atoms with E-state index in [0.29, 0.717) is 30.2 Å². The minimum absolute atomic E-state index is 0.388. The second-order valence-electron chi connectivity index (χ2n) is 6.98. The lowest BCUT2D eigenvalue weighted by molar-refractivity contribution is 0.0600. The summed E-state index contributed by atoms with van der Waals surface area (Å²) in [5, 5.41) is 9.65. The van der Waals surface area contributed by atoms with Crippen LogP contribution in [0.15, 0.2) is 76.5 Å². The van der Waals surface area contributed by atoms with Crippen molar-refractivity contribution in [3.63, 3.8) is 0 Å². The molecule has 0 saturated heterocycles. The van der Waals surface area contributed by atoms with Crippen molar-refractivity contribution in [2.24, 2.45) is 0 Å². The molecule has 0 saturated carbocycles. The van der Waals surface area contributed by atoms with Crippen molar-refractivity contribution in [1.82, 2.24) is 14.8 Å². The molecule has 4 aromatic rings. The number of rotatable bonds is 9. The first-order valence-electron chi connectivity index (χ1n) is 10.1. The van der Waals surface area contributed by atoms with Gasteiger partial charge < -0.3 is 13.9 Å². The number of ether oxygens (including phenoxy) is 2. The molecule has 0 fully saturated rings. The van der Waals surface area contributed by atoms with Gasteiger partial charge in [0.05, 0.1) is 37.7 Å². The highest BCUT2D eigenvalue weighted by atomic mass is 32.2. The Hall–Kier alpha value is -3.52. The Labute approximate surface area is 190 Å². The maximum atomic E-state index is 11.7. The maximum absolute atomic E-state index is 11.7. The first-order valence-corrected chi connectivity index (χ1v) is 11.1. The van der Waals surface area contributed by atoms with Gasteiger partial charge in [0.15, 0.2) is 11.0 Å². The number of benzene rings is 2. The number of methoxy groups -OCH3 is 1. The van der Waals surface area contributed by atoms with Crippen LogP contribution in [0.5, 0.6) is 5.75 Å². The number of nitrogens with zero attached hydrogens (tertiary/aromatic N) is 3. The van der Waals surface area contributed by atoms with Crippen molar-refractivity contribution >= 4 is 17.7 Å². The smallest absolute Gasteiger partial charge is 0.337 e. The van der Waals surface area contributed by atoms with E-state index in [-0.39, 0.29) is 5.97 Å². The predicted molar refractivity (Wildman–Crippen MR) is 122 cm³/mol. The van der Waals surface area contributed by atoms with E-state index >= 15 is 0 Å². The van der Waals surface area contributed by atoms with Gasteiger partial charge in [-0.05, 0) is 36.8 Å². The van der Waals surface area contributed by atoms with Crippen LogP contribution in [0.3, 0.4) is 0 Å². The van der Waals surface area contributed by atoms with Gasteiger partial charge in [-0.3, -0.25) is 4.57 Å². The Morgan fingerprint density at radius 1 is 1.09 bits per heavy atom. The first kappa shape index (κ1) is 21.7. The van der Waals surface area contributed by atoms with Crippen LogP contribution in [0.4, 0.5) is 0 Å². The van der Waals surface area contributed by atoms with E-state index in [4.69, 9.17) is 13.9 Å². The third kappa shape index (κ3) is 5.03. The van der Waals surface area contributed by atoms with Gasteiger partial charge in [0.25, 0.3) is 0 Å². The van der Waals surface area contributed by atoms with Gasteiger partial charge in [-0.15, -0.1) is 10.2 Å². The molecule has 0 bridgehead atoms. The van der Waals surface area contributed by atoms with Crippen LogP contribution in [0, 0.1) is 6.92 Å². The fourth-order valence-electron chi connectivity index (χ4n) is 3.24. The average Bonchev–Trinajstić information content (AvgIpc) is 3.42. The molecule has 0 aliphatic rings. The molecule has 7 nitrogen and oxygen atoms in total. The molecule has 0 unspecified atom stereocenters. The zero-order valence-corrected chi connectivity index (χ0v) is 18.7. The molecule has 32 heavy (non-hydrogen) atoms. The van der Waals surface area contributed by atoms with E-state index in [9.17, 15) is 4.79 Å². The highest BCUT2D eigenvalue weighted by molar-refractivity contribution is 7.99. The molecule has 8 heteroatoms. The number of thioether (sulfide) groups is 1. The number of hydrogen-bond donors (Lipinski definition) is 0. The Kier molecular flexibility index (Phi) is 6.91. The van der Waals surface area contributed by atoms with Crippen molar-refractivity contribution in [3.05, 3.63) is 83.8 Å². The standard InChI is InChI=1S/C24H23N3O4S/c1-17-21(11-12-30-17)22-25-26-24(27(22)16-18-7-4-3-5-8-18)32-14-13-31-20-10-6-9-19(15-20)23(28)29-2/h3-12,15H,13-14,16H2,1-2H3. The number of hydrogen-bond acceptors (Lipinski definition) is 7. The second-order valence-corrected chi connectivity index (χ2v) is 8.05. The molecule has 164 valence electrons. The third-order valence-corrected chi connectivity index (χ3v) is 5.77. The van der Waals surface area contributed by atoms with Gasteiger partial charge >= 0.3 is 5.97 Å². The molecule has 0 spiro atoms. The number of carbonyl (C=O) groups is 1. The monoisotopic (exact) mass is 449 g/mol. The van der Waals surface area contributed by atoms with Gasteiger partial charge in [-0.1, -0.05) is 48.2 Å². The summed E-state index contributed by atoms with van der Waals surface area (Å²) in [5.74, 6) is 2.47. The van der Waals surface area contributed by atoms with Gasteiger partial charge in [0, 0.05) is 5.75 Å². The molecule has 2 aromatic heterocycles. The van der Waals surface area contributed by atoms with Crippen LogP contribution in [-0.4, -0.2) is 40.2 Å². The number of carbonyl (C=O) groups excluding carboxylic acids is 1. The minimum Gasteiger partial charge on any atom is -0.493 e. The van der Waals surface area contributed by atoms with Crippen molar-refractivity contribution in [3.8, 4) is 17.1 Å². The minimum atomic E-state index is -0.388. The molecule has 4 rings (SSSR count). The number of esters is 1. The lowest BCUT2D eigenvalue weighted by Gasteiger charge is -2.11. The molecular formula is C24H23N3O4S. The van der Waals surface area contributed by atoms with Crippen LogP contribution in [0.1, 0.15) is 21.7 Å². The van der Waals surface area contributed by atoms with Crippen LogP contribution >= 0.6 is 11.8 Å². The van der Waals surface area contributed by atoms with Crippen LogP contribution < -0.4 is 4.74 Å². The zero-order valence-electron chi connectivity index (χ0n) is 17.9. The SMILES string of the molecule is COC(=O)c1cccc(OCCSc2nnc(-c3ccoc3C)n2Cc2ccccc2)c1. The molecule has 0 aliphatic heterocycles. The predicted octanol–water partition coefficient (Wildman–Crippen LogP) is 4.85. The van der Waals surface area contributed by atoms with Crippen molar-refractivity contribution in [2.75, 3.05) is 19.5 Å². The highest BCUT2D eigenvalue weighted by Crippen LogP contribution is 2.28. The van der Waals surface area contributed by atoms with Gasteiger partial charge in [0.1, 0.15) is 11.5 Å². The van der Waals surface area contributed by atoms with Crippen LogP contribution in [0.2, 0.25) is 0 Å². The molecule has 2 heterocycles. The lowest BCUT2D eigenvalue weighted by Crippen LogP contribution is -2.06. The van der Waals surface area contributed by atoms with Crippen LogP contribution in [-0.2, 0) is 11.3 Å². The quantitative estimate of drug-likeness (QED) is 0.205. The largest absolute Gasteiger partial charge is 0.493 e. The third-order valence-electron chi connectivity index (χ3n) is 4.84. The highest BCUT2D eigenvalue weighted by Gasteiger charge is 2.18. The van der Waals surface area contributed by atoms with E-state index in [0.717, 1.165) is 27.9 Å². The zero-order chi connectivity index (χ0) is 22.3. The second kappa shape index (κ2) is 10.2. The molecular weight excluding hydrogens is 426 g/mol. The summed E-state index contributed by atoms with van der Waals surface area (Å²) in [6.07, 6.45) is 1.66. The number of furan rings is 1. The van der Waals surface area contributed by atoms with Crippen molar-refractivity contribution in [1.29, 1.82) is 0 Å². The summed E-state index contributed by atoms with van der Waals surface area (Å²) < 4.78 is 18.1. The number of aromatic nitrogens is 3. The fraction of sp³-hybridized carbons (Fsp3) is 0.208. The maximum Gasteiger partial charge on any atom is 0.337 e. The average molecular weight is 450 g/mol.